The molecule has 0 aliphatic carbocycles. The van der Waals surface area contributed by atoms with Crippen LogP contribution >= 0.6 is 0 Å². The molecule has 0 saturated heterocycles. The zero-order chi connectivity index (χ0) is 9.02. The molecule has 0 heterocycles. The second-order valence-corrected chi connectivity index (χ2v) is 2.84. The first-order chi connectivity index (χ1) is 5.00. The molecule has 0 saturated carbocycles. The van der Waals surface area contributed by atoms with E-state index in [-0.39, 0.29) is 12.5 Å². The van der Waals surface area contributed by atoms with Crippen LogP contribution in [0.25, 0.3) is 0 Å². The molecule has 0 spiro atoms. The van der Waals surface area contributed by atoms with E-state index in [9.17, 15) is 9.90 Å². The number of hydrogen-bond donors (Lipinski definition) is 3. The molecule has 4 nitrogen and oxygen atoms in total. The number of primary amides is 1. The number of amides is 1. The van der Waals surface area contributed by atoms with Crippen LogP contribution in [0.3, 0.4) is 0 Å². The van der Waals surface area contributed by atoms with E-state index in [0.717, 1.165) is 0 Å². The molecule has 4 N–H and O–H groups in total. The molecule has 4 heteroatoms. The maximum atomic E-state index is 10.5. The van der Waals surface area contributed by atoms with Gasteiger partial charge in [-0.15, -0.1) is 0 Å². The number of carbonyl (C=O) groups excluding carboxylic acids is 1. The summed E-state index contributed by atoms with van der Waals surface area (Å²) in [5.74, 6) is -1.45. The van der Waals surface area contributed by atoms with Crippen molar-refractivity contribution in [1.29, 1.82) is 0 Å². The Labute approximate surface area is 66.0 Å². The number of rotatable bonds is 4. The van der Waals surface area contributed by atoms with Crippen molar-refractivity contribution >= 4 is 5.91 Å². The second kappa shape index (κ2) is 4.31. The van der Waals surface area contributed by atoms with E-state index in [1.165, 1.54) is 0 Å². The maximum absolute atomic E-state index is 10.5. The van der Waals surface area contributed by atoms with Crippen LogP contribution in [0.15, 0.2) is 0 Å². The minimum atomic E-state index is -0.850. The van der Waals surface area contributed by atoms with Gasteiger partial charge < -0.3 is 15.9 Å². The largest absolute Gasteiger partial charge is 0.396 e. The van der Waals surface area contributed by atoms with Gasteiger partial charge in [-0.3, -0.25) is 4.79 Å². The fourth-order valence-electron chi connectivity index (χ4n) is 0.769. The highest BCUT2D eigenvalue weighted by Crippen LogP contribution is 2.11. The van der Waals surface area contributed by atoms with Crippen LogP contribution in [0, 0.1) is 11.8 Å². The molecule has 11 heavy (non-hydrogen) atoms. The van der Waals surface area contributed by atoms with Gasteiger partial charge in [0.15, 0.2) is 0 Å². The Balaban J connectivity index is 4.00. The lowest BCUT2D eigenvalue weighted by atomic mass is 9.94. The zero-order valence-corrected chi connectivity index (χ0v) is 6.82. The third kappa shape index (κ3) is 2.86. The van der Waals surface area contributed by atoms with Crippen molar-refractivity contribution in [2.45, 2.75) is 20.0 Å². The van der Waals surface area contributed by atoms with Gasteiger partial charge >= 0.3 is 0 Å². The highest BCUT2D eigenvalue weighted by Gasteiger charge is 2.24. The summed E-state index contributed by atoms with van der Waals surface area (Å²) in [5, 5.41) is 17.9. The highest BCUT2D eigenvalue weighted by atomic mass is 16.3. The van der Waals surface area contributed by atoms with Crippen LogP contribution in [-0.2, 0) is 4.79 Å². The lowest BCUT2D eigenvalue weighted by Gasteiger charge is -2.20. The van der Waals surface area contributed by atoms with Crippen LogP contribution in [0.4, 0.5) is 0 Å². The Bertz CT molecular complexity index is 138. The Morgan fingerprint density at radius 3 is 2.27 bits per heavy atom. The van der Waals surface area contributed by atoms with E-state index in [2.05, 4.69) is 0 Å². The summed E-state index contributed by atoms with van der Waals surface area (Å²) in [6, 6.07) is 0. The topological polar surface area (TPSA) is 83.6 Å². The SMILES string of the molecule is C[C@@H](CO)[C@H](O)[C@@H](C)C(N)=O. The first-order valence-corrected chi connectivity index (χ1v) is 3.59. The lowest BCUT2D eigenvalue weighted by molar-refractivity contribution is -0.126. The molecule has 0 aliphatic heterocycles. The van der Waals surface area contributed by atoms with E-state index in [4.69, 9.17) is 10.8 Å². The number of nitrogens with two attached hydrogens (primary N) is 1. The number of aliphatic hydroxyl groups is 2. The van der Waals surface area contributed by atoms with Gasteiger partial charge in [-0.1, -0.05) is 13.8 Å². The van der Waals surface area contributed by atoms with Crippen LogP contribution in [0.1, 0.15) is 13.8 Å². The molecule has 0 aromatic rings. The number of aliphatic hydroxyl groups excluding tert-OH is 2. The van der Waals surface area contributed by atoms with Crippen molar-refractivity contribution in [3.05, 3.63) is 0 Å². The molecule has 66 valence electrons. The van der Waals surface area contributed by atoms with Gasteiger partial charge in [0.1, 0.15) is 0 Å². The molecule has 3 atom stereocenters. The van der Waals surface area contributed by atoms with Gasteiger partial charge in [-0.25, -0.2) is 0 Å². The van der Waals surface area contributed by atoms with Gasteiger partial charge in [0, 0.05) is 12.5 Å². The minimum Gasteiger partial charge on any atom is -0.396 e. The molecule has 0 aliphatic rings. The van der Waals surface area contributed by atoms with Crippen molar-refractivity contribution in [1.82, 2.24) is 0 Å². The van der Waals surface area contributed by atoms with E-state index >= 15 is 0 Å². The zero-order valence-electron chi connectivity index (χ0n) is 6.82. The Morgan fingerprint density at radius 2 is 2.00 bits per heavy atom. The predicted molar refractivity (Wildman–Crippen MR) is 40.6 cm³/mol. The Morgan fingerprint density at radius 1 is 1.55 bits per heavy atom. The highest BCUT2D eigenvalue weighted by molar-refractivity contribution is 5.76. The smallest absolute Gasteiger partial charge is 0.222 e. The molecule has 0 unspecified atom stereocenters. The molecule has 0 fully saturated rings. The van der Waals surface area contributed by atoms with Crippen LogP contribution in [0.5, 0.6) is 0 Å². The van der Waals surface area contributed by atoms with Crippen LogP contribution < -0.4 is 5.73 Å². The summed E-state index contributed by atoms with van der Waals surface area (Å²) in [6.07, 6.45) is -0.850. The summed E-state index contributed by atoms with van der Waals surface area (Å²) in [7, 11) is 0. The fourth-order valence-corrected chi connectivity index (χ4v) is 0.769. The molecule has 0 radical (unpaired) electrons. The van der Waals surface area contributed by atoms with Gasteiger partial charge in [-0.2, -0.15) is 0 Å². The standard InChI is InChI=1S/C7H15NO3/c1-4(3-9)6(10)5(2)7(8)11/h4-6,9-10H,3H2,1-2H3,(H2,8,11)/t4-,5+,6-/m0/s1. The first-order valence-electron chi connectivity index (χ1n) is 3.59. The average molecular weight is 161 g/mol. The van der Waals surface area contributed by atoms with E-state index in [0.29, 0.717) is 0 Å². The summed E-state index contributed by atoms with van der Waals surface area (Å²) in [5.41, 5.74) is 4.95. The van der Waals surface area contributed by atoms with Crippen molar-refractivity contribution in [2.24, 2.45) is 17.6 Å². The van der Waals surface area contributed by atoms with Crippen molar-refractivity contribution < 1.29 is 15.0 Å². The fraction of sp³-hybridized carbons (Fsp3) is 0.857. The van der Waals surface area contributed by atoms with Crippen molar-refractivity contribution in [2.75, 3.05) is 6.61 Å². The molecular weight excluding hydrogens is 146 g/mol. The average Bonchev–Trinajstić information content (AvgIpc) is 2.00. The quantitative estimate of drug-likeness (QED) is 0.499. The van der Waals surface area contributed by atoms with Crippen LogP contribution in [-0.4, -0.2) is 28.8 Å². The van der Waals surface area contributed by atoms with Gasteiger partial charge in [0.2, 0.25) is 5.91 Å². The van der Waals surface area contributed by atoms with E-state index in [1.807, 2.05) is 0 Å². The minimum absolute atomic E-state index is 0.140. The molecule has 0 aromatic heterocycles. The summed E-state index contributed by atoms with van der Waals surface area (Å²) in [4.78, 5) is 10.5. The Kier molecular flexibility index (Phi) is 4.07. The summed E-state index contributed by atoms with van der Waals surface area (Å²) >= 11 is 0. The molecule has 0 rings (SSSR count). The molecule has 0 aromatic carbocycles. The van der Waals surface area contributed by atoms with Gasteiger partial charge in [0.05, 0.1) is 12.0 Å². The monoisotopic (exact) mass is 161 g/mol. The predicted octanol–water partition coefficient (Wildman–Crippen LogP) is -0.903. The molecule has 0 bridgehead atoms. The summed E-state index contributed by atoms with van der Waals surface area (Å²) < 4.78 is 0. The van der Waals surface area contributed by atoms with Crippen molar-refractivity contribution in [3.63, 3.8) is 0 Å². The third-order valence-corrected chi connectivity index (χ3v) is 1.83. The second-order valence-electron chi connectivity index (χ2n) is 2.84. The molecule has 1 amide bonds. The lowest BCUT2D eigenvalue weighted by Crippen LogP contribution is -2.36. The van der Waals surface area contributed by atoms with Gasteiger partial charge in [0.25, 0.3) is 0 Å². The van der Waals surface area contributed by atoms with E-state index in [1.54, 1.807) is 13.8 Å². The Hall–Kier alpha value is -0.610. The number of hydrogen-bond acceptors (Lipinski definition) is 3. The number of carbonyl (C=O) groups is 1. The van der Waals surface area contributed by atoms with Crippen LogP contribution in [0.2, 0.25) is 0 Å². The van der Waals surface area contributed by atoms with Gasteiger partial charge in [-0.05, 0) is 0 Å². The maximum Gasteiger partial charge on any atom is 0.222 e. The summed E-state index contributed by atoms with van der Waals surface area (Å²) in [6.45, 7) is 3.06. The van der Waals surface area contributed by atoms with E-state index < -0.39 is 17.9 Å². The first kappa shape index (κ1) is 10.4. The van der Waals surface area contributed by atoms with Crippen molar-refractivity contribution in [3.8, 4) is 0 Å². The normalized spacial score (nSPS) is 18.9. The molecular formula is C7H15NO3. The third-order valence-electron chi connectivity index (χ3n) is 1.83.